The highest BCUT2D eigenvalue weighted by Crippen LogP contribution is 2.19. The number of aryl methyl sites for hydroxylation is 1. The molecule has 3 aromatic rings. The summed E-state index contributed by atoms with van der Waals surface area (Å²) in [4.78, 5) is 36.7. The molecule has 33 heavy (non-hydrogen) atoms. The molecule has 0 unspecified atom stereocenters. The largest absolute Gasteiger partial charge is 0.465 e. The van der Waals surface area contributed by atoms with E-state index in [9.17, 15) is 19.6 Å². The van der Waals surface area contributed by atoms with E-state index in [1.807, 2.05) is 25.1 Å². The van der Waals surface area contributed by atoms with Crippen molar-refractivity contribution in [3.63, 3.8) is 0 Å². The fourth-order valence-corrected chi connectivity index (χ4v) is 2.87. The number of anilines is 1. The predicted octanol–water partition coefficient (Wildman–Crippen LogP) is 4.55. The van der Waals surface area contributed by atoms with Crippen molar-refractivity contribution in [2.75, 3.05) is 12.4 Å². The Balaban J connectivity index is 1.72. The Morgan fingerprint density at radius 3 is 2.21 bits per heavy atom. The molecule has 7 nitrogen and oxygen atoms in total. The summed E-state index contributed by atoms with van der Waals surface area (Å²) in [7, 11) is 1.24. The minimum atomic E-state index is -0.677. The summed E-state index contributed by atoms with van der Waals surface area (Å²) in [6.45, 7) is 1.93. The van der Waals surface area contributed by atoms with Gasteiger partial charge in [0.15, 0.2) is 0 Å². The molecule has 1 N–H and O–H groups in total. The van der Waals surface area contributed by atoms with Crippen molar-refractivity contribution in [1.29, 1.82) is 5.26 Å². The van der Waals surface area contributed by atoms with Crippen LogP contribution in [0.2, 0.25) is 0 Å². The van der Waals surface area contributed by atoms with Gasteiger partial charge in [0.25, 0.3) is 5.91 Å². The normalized spacial score (nSPS) is 10.6. The highest BCUT2D eigenvalue weighted by Gasteiger charge is 2.16. The first-order valence-electron chi connectivity index (χ1n) is 9.90. The molecule has 0 heterocycles. The molecule has 0 atom stereocenters. The minimum absolute atomic E-state index is 0.168. The molecule has 0 saturated carbocycles. The smallest absolute Gasteiger partial charge is 0.343 e. The van der Waals surface area contributed by atoms with E-state index < -0.39 is 17.8 Å². The van der Waals surface area contributed by atoms with Crippen molar-refractivity contribution in [3.8, 4) is 11.8 Å². The SMILES string of the molecule is COC(=O)c1ccccc1NC(=O)/C(C#N)=C/c1ccc(OC(=O)c2ccc(C)cc2)cc1. The third kappa shape index (κ3) is 5.93. The molecule has 0 aromatic heterocycles. The van der Waals surface area contributed by atoms with Crippen LogP contribution in [0.25, 0.3) is 6.08 Å². The summed E-state index contributed by atoms with van der Waals surface area (Å²) in [6, 6.07) is 21.6. The fraction of sp³-hybridized carbons (Fsp3) is 0.0769. The van der Waals surface area contributed by atoms with E-state index in [0.29, 0.717) is 16.9 Å². The second-order valence-electron chi connectivity index (χ2n) is 6.99. The summed E-state index contributed by atoms with van der Waals surface area (Å²) in [6.07, 6.45) is 1.39. The standard InChI is InChI=1S/C26H20N2O5/c1-17-7-11-19(12-8-17)25(30)33-21-13-9-18(10-14-21)15-20(16-27)24(29)28-23-6-4-3-5-22(23)26(31)32-2/h3-15H,1-2H3,(H,28,29)/b20-15+. The summed E-state index contributed by atoms with van der Waals surface area (Å²) in [5.41, 5.74) is 2.26. The number of rotatable bonds is 6. The number of esters is 2. The lowest BCUT2D eigenvalue weighted by atomic mass is 10.1. The van der Waals surface area contributed by atoms with E-state index in [1.165, 1.54) is 25.3 Å². The molecule has 3 rings (SSSR count). The van der Waals surface area contributed by atoms with Gasteiger partial charge in [-0.1, -0.05) is 42.0 Å². The Morgan fingerprint density at radius 2 is 1.58 bits per heavy atom. The first-order chi connectivity index (χ1) is 15.9. The lowest BCUT2D eigenvalue weighted by Crippen LogP contribution is -2.16. The highest BCUT2D eigenvalue weighted by atomic mass is 16.5. The zero-order valence-corrected chi connectivity index (χ0v) is 18.0. The van der Waals surface area contributed by atoms with Gasteiger partial charge in [0.2, 0.25) is 0 Å². The number of nitriles is 1. The maximum absolute atomic E-state index is 12.6. The Hall–Kier alpha value is -4.70. The van der Waals surface area contributed by atoms with Crippen LogP contribution in [0.15, 0.2) is 78.4 Å². The van der Waals surface area contributed by atoms with Crippen molar-refractivity contribution >= 4 is 29.6 Å². The first kappa shape index (κ1) is 23.0. The summed E-state index contributed by atoms with van der Waals surface area (Å²) < 4.78 is 10.1. The summed E-state index contributed by atoms with van der Waals surface area (Å²) in [5.74, 6) is -1.44. The Morgan fingerprint density at radius 1 is 0.909 bits per heavy atom. The van der Waals surface area contributed by atoms with Gasteiger partial charge in [-0.3, -0.25) is 4.79 Å². The zero-order chi connectivity index (χ0) is 23.8. The fourth-order valence-electron chi connectivity index (χ4n) is 2.87. The van der Waals surface area contributed by atoms with E-state index in [1.54, 1.807) is 48.5 Å². The molecule has 0 fully saturated rings. The van der Waals surface area contributed by atoms with Crippen LogP contribution < -0.4 is 10.1 Å². The van der Waals surface area contributed by atoms with E-state index in [4.69, 9.17) is 9.47 Å². The van der Waals surface area contributed by atoms with Gasteiger partial charge in [0.05, 0.1) is 23.9 Å². The maximum Gasteiger partial charge on any atom is 0.343 e. The Labute approximate surface area is 190 Å². The Kier molecular flexibility index (Phi) is 7.35. The van der Waals surface area contributed by atoms with Gasteiger partial charge in [0.1, 0.15) is 17.4 Å². The number of carbonyl (C=O) groups excluding carboxylic acids is 3. The Bertz CT molecular complexity index is 1250. The number of para-hydroxylation sites is 1. The average Bonchev–Trinajstić information content (AvgIpc) is 2.83. The highest BCUT2D eigenvalue weighted by molar-refractivity contribution is 6.12. The average molecular weight is 440 g/mol. The van der Waals surface area contributed by atoms with Crippen molar-refractivity contribution in [2.24, 2.45) is 0 Å². The molecule has 1 amide bonds. The maximum atomic E-state index is 12.6. The van der Waals surface area contributed by atoms with Crippen LogP contribution in [0.5, 0.6) is 5.75 Å². The van der Waals surface area contributed by atoms with Crippen LogP contribution in [0.1, 0.15) is 31.8 Å². The van der Waals surface area contributed by atoms with Crippen molar-refractivity contribution in [2.45, 2.75) is 6.92 Å². The van der Waals surface area contributed by atoms with Crippen LogP contribution in [0, 0.1) is 18.3 Å². The molecule has 0 radical (unpaired) electrons. The number of nitrogens with zero attached hydrogens (tertiary/aromatic N) is 1. The summed E-state index contributed by atoms with van der Waals surface area (Å²) in [5, 5.41) is 12.0. The lowest BCUT2D eigenvalue weighted by Gasteiger charge is -2.09. The minimum Gasteiger partial charge on any atom is -0.465 e. The van der Waals surface area contributed by atoms with E-state index in [-0.39, 0.29) is 16.8 Å². The van der Waals surface area contributed by atoms with Crippen molar-refractivity contribution in [3.05, 3.63) is 101 Å². The molecule has 0 aliphatic carbocycles. The number of methoxy groups -OCH3 is 1. The van der Waals surface area contributed by atoms with Crippen LogP contribution in [0.3, 0.4) is 0 Å². The molecule has 0 aliphatic heterocycles. The second-order valence-corrected chi connectivity index (χ2v) is 6.99. The molecule has 164 valence electrons. The summed E-state index contributed by atoms with van der Waals surface area (Å²) >= 11 is 0. The molecular weight excluding hydrogens is 420 g/mol. The molecule has 3 aromatic carbocycles. The van der Waals surface area contributed by atoms with Gasteiger partial charge in [-0.2, -0.15) is 5.26 Å². The quantitative estimate of drug-likeness (QED) is 0.261. The number of carbonyl (C=O) groups is 3. The second kappa shape index (κ2) is 10.6. The van der Waals surface area contributed by atoms with Crippen LogP contribution >= 0.6 is 0 Å². The monoisotopic (exact) mass is 440 g/mol. The third-order valence-corrected chi connectivity index (χ3v) is 4.63. The molecule has 7 heteroatoms. The number of amides is 1. The van der Waals surface area contributed by atoms with Gasteiger partial charge >= 0.3 is 11.9 Å². The van der Waals surface area contributed by atoms with Gasteiger partial charge in [0, 0.05) is 0 Å². The number of benzene rings is 3. The molecule has 0 bridgehead atoms. The predicted molar refractivity (Wildman–Crippen MR) is 123 cm³/mol. The number of hydrogen-bond donors (Lipinski definition) is 1. The van der Waals surface area contributed by atoms with E-state index in [2.05, 4.69) is 5.32 Å². The van der Waals surface area contributed by atoms with Crippen molar-refractivity contribution in [1.82, 2.24) is 0 Å². The number of hydrogen-bond acceptors (Lipinski definition) is 6. The van der Waals surface area contributed by atoms with Gasteiger partial charge in [-0.25, -0.2) is 9.59 Å². The topological polar surface area (TPSA) is 105 Å². The van der Waals surface area contributed by atoms with Crippen LogP contribution in [-0.4, -0.2) is 25.0 Å². The molecule has 0 spiro atoms. The van der Waals surface area contributed by atoms with Crippen LogP contribution in [-0.2, 0) is 9.53 Å². The molecule has 0 saturated heterocycles. The van der Waals surface area contributed by atoms with Crippen LogP contribution in [0.4, 0.5) is 5.69 Å². The molecular formula is C26H20N2O5. The van der Waals surface area contributed by atoms with Gasteiger partial charge in [-0.05, 0) is 55.0 Å². The van der Waals surface area contributed by atoms with E-state index >= 15 is 0 Å². The number of nitrogens with one attached hydrogen (secondary N) is 1. The van der Waals surface area contributed by atoms with Gasteiger partial charge in [-0.15, -0.1) is 0 Å². The lowest BCUT2D eigenvalue weighted by molar-refractivity contribution is -0.112. The first-order valence-corrected chi connectivity index (χ1v) is 9.90. The third-order valence-electron chi connectivity index (χ3n) is 4.63. The van der Waals surface area contributed by atoms with Crippen molar-refractivity contribution < 1.29 is 23.9 Å². The number of ether oxygens (including phenoxy) is 2. The zero-order valence-electron chi connectivity index (χ0n) is 18.0. The molecule has 0 aliphatic rings. The van der Waals surface area contributed by atoms with E-state index in [0.717, 1.165) is 5.56 Å². The van der Waals surface area contributed by atoms with Gasteiger partial charge < -0.3 is 14.8 Å².